The Hall–Kier alpha value is -1.73. The van der Waals surface area contributed by atoms with E-state index in [2.05, 4.69) is 38.2 Å². The van der Waals surface area contributed by atoms with E-state index in [0.717, 1.165) is 79.2 Å². The molecule has 5 nitrogen and oxygen atoms in total. The molecule has 200 valence electrons. The van der Waals surface area contributed by atoms with Crippen molar-refractivity contribution in [3.05, 3.63) is 49.7 Å². The summed E-state index contributed by atoms with van der Waals surface area (Å²) in [6, 6.07) is 4.23. The monoisotopic (exact) mass is 515 g/mol. The number of benzene rings is 1. The Labute approximate surface area is 221 Å². The molecule has 1 aromatic heterocycles. The summed E-state index contributed by atoms with van der Waals surface area (Å²) in [5.74, 6) is 1.10. The van der Waals surface area contributed by atoms with Crippen molar-refractivity contribution in [3.8, 4) is 5.75 Å². The van der Waals surface area contributed by atoms with Gasteiger partial charge in [-0.3, -0.25) is 4.79 Å². The molecule has 0 spiro atoms. The standard InChI is InChI=1S/C30H45NO4S/c1-7-34-14-8-13-31-18-24(32)19-35-28-20(2)15-23(16-21(28)3)9-10-27(33)29-25-11-12-30(5,6)17-26(25)22(4)36-29/h15-16,24,31-32H,7-14,17-19H2,1-6H3. The Bertz CT molecular complexity index is 1000. The highest BCUT2D eigenvalue weighted by Gasteiger charge is 2.31. The van der Waals surface area contributed by atoms with Crippen LogP contribution in [0.2, 0.25) is 0 Å². The molecule has 1 aliphatic rings. The van der Waals surface area contributed by atoms with E-state index in [4.69, 9.17) is 9.47 Å². The van der Waals surface area contributed by atoms with Gasteiger partial charge in [0.25, 0.3) is 0 Å². The fraction of sp³-hybridized carbons (Fsp3) is 0.633. The first-order valence-corrected chi connectivity index (χ1v) is 14.3. The lowest BCUT2D eigenvalue weighted by Crippen LogP contribution is -2.32. The predicted octanol–water partition coefficient (Wildman–Crippen LogP) is 5.76. The normalized spacial score (nSPS) is 15.5. The number of Topliss-reactive ketones (excluding diaryl/α,β-unsaturated/α-hetero) is 1. The average molecular weight is 516 g/mol. The number of fused-ring (bicyclic) bond motifs is 1. The van der Waals surface area contributed by atoms with Crippen LogP contribution in [0.4, 0.5) is 0 Å². The van der Waals surface area contributed by atoms with Crippen LogP contribution in [0.5, 0.6) is 5.75 Å². The number of aliphatic hydroxyl groups is 1. The van der Waals surface area contributed by atoms with Gasteiger partial charge in [0.2, 0.25) is 0 Å². The lowest BCUT2D eigenvalue weighted by atomic mass is 9.74. The molecule has 0 amide bonds. The third kappa shape index (κ3) is 7.88. The molecule has 0 fully saturated rings. The molecule has 0 bridgehead atoms. The summed E-state index contributed by atoms with van der Waals surface area (Å²) in [6.45, 7) is 15.9. The molecule has 1 aliphatic carbocycles. The Kier molecular flexibility index (Phi) is 10.6. The summed E-state index contributed by atoms with van der Waals surface area (Å²) < 4.78 is 11.3. The van der Waals surface area contributed by atoms with Crippen molar-refractivity contribution in [1.82, 2.24) is 5.32 Å². The van der Waals surface area contributed by atoms with Crippen molar-refractivity contribution in [2.75, 3.05) is 32.9 Å². The highest BCUT2D eigenvalue weighted by Crippen LogP contribution is 2.41. The highest BCUT2D eigenvalue weighted by atomic mass is 32.1. The smallest absolute Gasteiger partial charge is 0.173 e. The number of hydrogen-bond acceptors (Lipinski definition) is 6. The van der Waals surface area contributed by atoms with Gasteiger partial charge in [0.1, 0.15) is 18.5 Å². The number of ketones is 1. The van der Waals surface area contributed by atoms with Crippen molar-refractivity contribution in [2.24, 2.45) is 5.41 Å². The van der Waals surface area contributed by atoms with Gasteiger partial charge in [-0.25, -0.2) is 0 Å². The van der Waals surface area contributed by atoms with Crippen molar-refractivity contribution in [3.63, 3.8) is 0 Å². The summed E-state index contributed by atoms with van der Waals surface area (Å²) in [4.78, 5) is 15.5. The quantitative estimate of drug-likeness (QED) is 0.247. The zero-order chi connectivity index (χ0) is 26.3. The minimum Gasteiger partial charge on any atom is -0.490 e. The van der Waals surface area contributed by atoms with Crippen molar-refractivity contribution in [2.45, 2.75) is 86.2 Å². The number of ether oxygens (including phenoxy) is 2. The first-order valence-electron chi connectivity index (χ1n) is 13.4. The molecule has 1 atom stereocenters. The molecule has 0 saturated carbocycles. The first-order chi connectivity index (χ1) is 17.1. The van der Waals surface area contributed by atoms with Gasteiger partial charge in [-0.1, -0.05) is 26.0 Å². The van der Waals surface area contributed by atoms with E-state index in [1.54, 1.807) is 11.3 Å². The predicted molar refractivity (Wildman–Crippen MR) is 149 cm³/mol. The molecule has 2 aromatic rings. The van der Waals surface area contributed by atoms with Crippen LogP contribution in [0.15, 0.2) is 12.1 Å². The molecule has 1 unspecified atom stereocenters. The Morgan fingerprint density at radius 2 is 1.92 bits per heavy atom. The maximum Gasteiger partial charge on any atom is 0.173 e. The van der Waals surface area contributed by atoms with Gasteiger partial charge in [0, 0.05) is 31.1 Å². The fourth-order valence-electron chi connectivity index (χ4n) is 5.11. The molecule has 0 saturated heterocycles. The van der Waals surface area contributed by atoms with Gasteiger partial charge in [0.05, 0.1) is 4.88 Å². The number of rotatable bonds is 14. The third-order valence-corrected chi connectivity index (χ3v) is 8.32. The van der Waals surface area contributed by atoms with Crippen LogP contribution >= 0.6 is 11.3 Å². The lowest BCUT2D eigenvalue weighted by molar-refractivity contribution is 0.0984. The summed E-state index contributed by atoms with van der Waals surface area (Å²) in [5.41, 5.74) is 6.32. The van der Waals surface area contributed by atoms with E-state index < -0.39 is 6.10 Å². The van der Waals surface area contributed by atoms with Crippen LogP contribution in [0, 0.1) is 26.2 Å². The third-order valence-electron chi connectivity index (χ3n) is 7.09. The number of thiophene rings is 1. The molecule has 0 aliphatic heterocycles. The molecule has 36 heavy (non-hydrogen) atoms. The molecule has 0 radical (unpaired) electrons. The van der Waals surface area contributed by atoms with E-state index in [1.807, 2.05) is 20.8 Å². The zero-order valence-corrected chi connectivity index (χ0v) is 23.9. The first kappa shape index (κ1) is 28.8. The van der Waals surface area contributed by atoms with Crippen LogP contribution in [-0.4, -0.2) is 49.9 Å². The zero-order valence-electron chi connectivity index (χ0n) is 23.1. The second-order valence-electron chi connectivity index (χ2n) is 11.0. The van der Waals surface area contributed by atoms with Crippen LogP contribution < -0.4 is 10.1 Å². The average Bonchev–Trinajstić information content (AvgIpc) is 3.13. The van der Waals surface area contributed by atoms with Gasteiger partial charge in [-0.05, 0) is 99.6 Å². The van der Waals surface area contributed by atoms with E-state index in [9.17, 15) is 9.90 Å². The highest BCUT2D eigenvalue weighted by molar-refractivity contribution is 7.14. The molecule has 1 aromatic carbocycles. The van der Waals surface area contributed by atoms with E-state index in [0.29, 0.717) is 18.4 Å². The summed E-state index contributed by atoms with van der Waals surface area (Å²) in [6.07, 6.45) is 4.86. The van der Waals surface area contributed by atoms with Crippen LogP contribution in [0.3, 0.4) is 0 Å². The Balaban J connectivity index is 1.51. The number of aliphatic hydroxyl groups excluding tert-OH is 1. The topological polar surface area (TPSA) is 67.8 Å². The number of nitrogens with one attached hydrogen (secondary N) is 1. The Morgan fingerprint density at radius 1 is 1.19 bits per heavy atom. The summed E-state index contributed by atoms with van der Waals surface area (Å²) in [7, 11) is 0. The van der Waals surface area contributed by atoms with Crippen molar-refractivity contribution in [1.29, 1.82) is 0 Å². The van der Waals surface area contributed by atoms with Crippen LogP contribution in [-0.2, 0) is 24.0 Å². The van der Waals surface area contributed by atoms with Crippen molar-refractivity contribution >= 4 is 17.1 Å². The molecule has 1 heterocycles. The number of aryl methyl sites for hydroxylation is 4. The van der Waals surface area contributed by atoms with Gasteiger partial charge in [-0.2, -0.15) is 0 Å². The largest absolute Gasteiger partial charge is 0.490 e. The minimum absolute atomic E-state index is 0.248. The van der Waals surface area contributed by atoms with Gasteiger partial charge < -0.3 is 19.9 Å². The lowest BCUT2D eigenvalue weighted by Gasteiger charge is -2.30. The number of carbonyl (C=O) groups excluding carboxylic acids is 1. The molecule has 3 rings (SSSR count). The maximum absolute atomic E-state index is 13.2. The summed E-state index contributed by atoms with van der Waals surface area (Å²) >= 11 is 1.70. The van der Waals surface area contributed by atoms with E-state index in [1.165, 1.54) is 16.0 Å². The van der Waals surface area contributed by atoms with E-state index >= 15 is 0 Å². The molecule has 2 N–H and O–H groups in total. The summed E-state index contributed by atoms with van der Waals surface area (Å²) in [5, 5.41) is 13.5. The maximum atomic E-state index is 13.2. The van der Waals surface area contributed by atoms with Gasteiger partial charge in [-0.15, -0.1) is 11.3 Å². The SMILES string of the molecule is CCOCCCNCC(O)COc1c(C)cc(CCC(=O)c2sc(C)c3c2CCC(C)(C)C3)cc1C. The second-order valence-corrected chi connectivity index (χ2v) is 12.2. The second kappa shape index (κ2) is 13.2. The van der Waals surface area contributed by atoms with Gasteiger partial charge >= 0.3 is 0 Å². The minimum atomic E-state index is -0.570. The molecule has 6 heteroatoms. The van der Waals surface area contributed by atoms with Crippen molar-refractivity contribution < 1.29 is 19.4 Å². The van der Waals surface area contributed by atoms with E-state index in [-0.39, 0.29) is 12.4 Å². The van der Waals surface area contributed by atoms with Gasteiger partial charge in [0.15, 0.2) is 5.78 Å². The Morgan fingerprint density at radius 3 is 2.61 bits per heavy atom. The van der Waals surface area contributed by atoms with Crippen LogP contribution in [0.25, 0.3) is 0 Å². The molecular formula is C30H45NO4S. The van der Waals surface area contributed by atoms with Crippen LogP contribution in [0.1, 0.15) is 82.4 Å². The molecular weight excluding hydrogens is 470 g/mol. The fourth-order valence-corrected chi connectivity index (χ4v) is 6.30. The number of carbonyl (C=O) groups is 1. The number of hydrogen-bond donors (Lipinski definition) is 2.